The Hall–Kier alpha value is -0.221. The Morgan fingerprint density at radius 1 is 1.00 bits per heavy atom. The zero-order valence-corrected chi connectivity index (χ0v) is 14.5. The Balaban J connectivity index is 2.28. The second-order valence-corrected chi connectivity index (χ2v) is 8.08. The average molecular weight is 429 g/mol. The first kappa shape index (κ1) is 12.8. The van der Waals surface area contributed by atoms with E-state index in [2.05, 4.69) is 77.4 Å². The monoisotopic (exact) mass is 430 g/mol. The molecule has 0 nitrogen and oxygen atoms in total. The van der Waals surface area contributed by atoms with Crippen molar-refractivity contribution in [1.82, 2.24) is 0 Å². The van der Waals surface area contributed by atoms with Crippen molar-refractivity contribution >= 4 is 58.5 Å². The number of rotatable bonds is 2. The molecule has 2 aromatic carbocycles. The van der Waals surface area contributed by atoms with Crippen molar-refractivity contribution < 1.29 is 0 Å². The first-order valence-electron chi connectivity index (χ1n) is 5.61. The van der Waals surface area contributed by atoms with Crippen molar-refractivity contribution in [2.45, 2.75) is 4.90 Å². The minimum atomic E-state index is 0.443. The summed E-state index contributed by atoms with van der Waals surface area (Å²) in [5.41, 5.74) is 1.42. The van der Waals surface area contributed by atoms with Gasteiger partial charge in [-0.2, -0.15) is 0 Å². The van der Waals surface area contributed by atoms with Gasteiger partial charge in [0.1, 0.15) is 0 Å². The second kappa shape index (κ2) is 5.41. The van der Waals surface area contributed by atoms with Crippen LogP contribution in [0.5, 0.6) is 0 Å². The van der Waals surface area contributed by atoms with Crippen LogP contribution in [0.2, 0.25) is 0 Å². The fourth-order valence-corrected chi connectivity index (χ4v) is 6.89. The standard InChI is InChI=1S/C15H11ISSe/c1-17-12-8-4-2-6-10(12)15-14(16)11-7-3-5-9-13(11)18-15/h2-9H,1H3. The molecule has 0 unspecified atom stereocenters. The van der Waals surface area contributed by atoms with E-state index in [9.17, 15) is 0 Å². The van der Waals surface area contributed by atoms with Gasteiger partial charge in [0.15, 0.2) is 0 Å². The van der Waals surface area contributed by atoms with Crippen LogP contribution < -0.4 is 0 Å². The predicted octanol–water partition coefficient (Wildman–Crippen LogP) is 4.89. The van der Waals surface area contributed by atoms with Crippen molar-refractivity contribution in [3.63, 3.8) is 0 Å². The fourth-order valence-electron chi connectivity index (χ4n) is 2.02. The number of hydrogen-bond acceptors (Lipinski definition) is 1. The maximum absolute atomic E-state index is 2.51. The third kappa shape index (κ3) is 2.18. The average Bonchev–Trinajstić information content (AvgIpc) is 2.76. The van der Waals surface area contributed by atoms with E-state index in [0.717, 1.165) is 0 Å². The molecular formula is C15H11ISSe. The third-order valence-corrected chi connectivity index (χ3v) is 8.15. The summed E-state index contributed by atoms with van der Waals surface area (Å²) in [7, 11) is 0. The van der Waals surface area contributed by atoms with Crippen LogP contribution >= 0.6 is 34.4 Å². The first-order chi connectivity index (χ1) is 8.81. The van der Waals surface area contributed by atoms with Crippen molar-refractivity contribution in [2.75, 3.05) is 6.26 Å². The van der Waals surface area contributed by atoms with Gasteiger partial charge in [0.25, 0.3) is 0 Å². The molecule has 1 heterocycles. The number of fused-ring (bicyclic) bond motifs is 1. The van der Waals surface area contributed by atoms with Gasteiger partial charge in [0, 0.05) is 0 Å². The van der Waals surface area contributed by atoms with Gasteiger partial charge in [-0.1, -0.05) is 0 Å². The molecule has 90 valence electrons. The summed E-state index contributed by atoms with van der Waals surface area (Å²) in [6.45, 7) is 0. The molecule has 0 amide bonds. The van der Waals surface area contributed by atoms with Crippen LogP contribution in [0.15, 0.2) is 53.4 Å². The number of halogens is 1. The van der Waals surface area contributed by atoms with E-state index >= 15 is 0 Å². The Bertz CT molecular complexity index is 703. The Kier molecular flexibility index (Phi) is 3.85. The maximum atomic E-state index is 2.51. The van der Waals surface area contributed by atoms with Gasteiger partial charge in [0.2, 0.25) is 0 Å². The van der Waals surface area contributed by atoms with E-state index in [4.69, 9.17) is 0 Å². The molecule has 0 saturated heterocycles. The molecule has 1 aromatic heterocycles. The van der Waals surface area contributed by atoms with Crippen molar-refractivity contribution in [2.24, 2.45) is 0 Å². The molecule has 0 bridgehead atoms. The topological polar surface area (TPSA) is 0 Å². The van der Waals surface area contributed by atoms with Gasteiger partial charge in [-0.25, -0.2) is 0 Å². The van der Waals surface area contributed by atoms with Gasteiger partial charge in [-0.15, -0.1) is 0 Å². The van der Waals surface area contributed by atoms with Crippen LogP contribution in [0.3, 0.4) is 0 Å². The molecule has 0 N–H and O–H groups in total. The van der Waals surface area contributed by atoms with Crippen LogP contribution in [0.25, 0.3) is 19.6 Å². The van der Waals surface area contributed by atoms with Crippen molar-refractivity contribution in [3.05, 3.63) is 52.1 Å². The molecule has 18 heavy (non-hydrogen) atoms. The van der Waals surface area contributed by atoms with Crippen LogP contribution in [0.4, 0.5) is 0 Å². The van der Waals surface area contributed by atoms with E-state index in [1.54, 1.807) is 0 Å². The van der Waals surface area contributed by atoms with Gasteiger partial charge in [0.05, 0.1) is 0 Å². The molecule has 3 heteroatoms. The summed E-state index contributed by atoms with van der Waals surface area (Å²) in [6.07, 6.45) is 2.15. The van der Waals surface area contributed by atoms with E-state index in [1.165, 1.54) is 28.1 Å². The van der Waals surface area contributed by atoms with Crippen LogP contribution in [0.1, 0.15) is 0 Å². The Morgan fingerprint density at radius 3 is 2.50 bits per heavy atom. The SMILES string of the molecule is CSc1ccccc1-c1[se]c2ccccc2c1I. The molecule has 3 rings (SSSR count). The zero-order valence-electron chi connectivity index (χ0n) is 9.81. The molecular weight excluding hydrogens is 418 g/mol. The molecule has 0 saturated carbocycles. The number of thioether (sulfide) groups is 1. The van der Waals surface area contributed by atoms with Crippen LogP contribution in [-0.4, -0.2) is 20.8 Å². The molecule has 0 aliphatic rings. The van der Waals surface area contributed by atoms with Gasteiger partial charge in [-0.05, 0) is 0 Å². The van der Waals surface area contributed by atoms with E-state index < -0.39 is 0 Å². The predicted molar refractivity (Wildman–Crippen MR) is 90.8 cm³/mol. The number of hydrogen-bond donors (Lipinski definition) is 0. The van der Waals surface area contributed by atoms with Crippen LogP contribution in [0, 0.1) is 3.57 Å². The summed E-state index contributed by atoms with van der Waals surface area (Å²) in [5.74, 6) is 0. The summed E-state index contributed by atoms with van der Waals surface area (Å²) in [4.78, 5) is 1.39. The first-order valence-corrected chi connectivity index (χ1v) is 9.63. The summed E-state index contributed by atoms with van der Waals surface area (Å²) < 4.78 is 4.49. The molecule has 0 aliphatic carbocycles. The molecule has 0 spiro atoms. The van der Waals surface area contributed by atoms with E-state index in [0.29, 0.717) is 14.5 Å². The summed E-state index contributed by atoms with van der Waals surface area (Å²) >= 11 is 4.79. The summed E-state index contributed by atoms with van der Waals surface area (Å²) in [6, 6.07) is 17.5. The van der Waals surface area contributed by atoms with Gasteiger partial charge >= 0.3 is 132 Å². The fraction of sp³-hybridized carbons (Fsp3) is 0.0667. The molecule has 3 aromatic rings. The third-order valence-electron chi connectivity index (χ3n) is 2.89. The quantitative estimate of drug-likeness (QED) is 0.318. The molecule has 0 radical (unpaired) electrons. The van der Waals surface area contributed by atoms with E-state index in [1.807, 2.05) is 11.8 Å². The van der Waals surface area contributed by atoms with Crippen LogP contribution in [-0.2, 0) is 0 Å². The Labute approximate surface area is 131 Å². The molecule has 0 aliphatic heterocycles. The van der Waals surface area contributed by atoms with Crippen molar-refractivity contribution in [3.8, 4) is 10.0 Å². The van der Waals surface area contributed by atoms with Gasteiger partial charge in [-0.3, -0.25) is 0 Å². The molecule has 0 fully saturated rings. The normalized spacial score (nSPS) is 11.0. The molecule has 0 atom stereocenters. The van der Waals surface area contributed by atoms with Crippen molar-refractivity contribution in [1.29, 1.82) is 0 Å². The number of benzene rings is 2. The Morgan fingerprint density at radius 2 is 1.72 bits per heavy atom. The minimum absolute atomic E-state index is 0.443. The van der Waals surface area contributed by atoms with E-state index in [-0.39, 0.29) is 0 Å². The second-order valence-electron chi connectivity index (χ2n) is 3.94. The zero-order chi connectivity index (χ0) is 12.5. The van der Waals surface area contributed by atoms with Gasteiger partial charge < -0.3 is 0 Å². The summed E-state index contributed by atoms with van der Waals surface area (Å²) in [5, 5.41) is 1.43.